The number of benzene rings is 1. The molecule has 1 aromatic carbocycles. The fourth-order valence-corrected chi connectivity index (χ4v) is 2.25. The number of halogens is 4. The number of rotatable bonds is 3. The van der Waals surface area contributed by atoms with Crippen LogP contribution in [0.5, 0.6) is 0 Å². The summed E-state index contributed by atoms with van der Waals surface area (Å²) in [5, 5.41) is 9.22. The van der Waals surface area contributed by atoms with Crippen LogP contribution in [0.1, 0.15) is 5.69 Å². The average molecular weight is 335 g/mol. The molecule has 1 N–H and O–H groups in total. The van der Waals surface area contributed by atoms with Crippen LogP contribution in [0.25, 0.3) is 11.1 Å². The zero-order valence-electron chi connectivity index (χ0n) is 9.83. The Kier molecular flexibility index (Phi) is 4.48. The smallest absolute Gasteiger partial charge is 0.309 e. The van der Waals surface area contributed by atoms with E-state index in [2.05, 4.69) is 4.98 Å². The Morgan fingerprint density at radius 3 is 2.30 bits per heavy atom. The molecule has 0 aliphatic rings. The highest BCUT2D eigenvalue weighted by Crippen LogP contribution is 2.35. The molecule has 0 amide bonds. The highest BCUT2D eigenvalue weighted by Gasteiger charge is 2.13. The molecule has 0 fully saturated rings. The number of carboxylic acid groups (broad SMARTS) is 1. The van der Waals surface area contributed by atoms with Crippen LogP contribution in [0, 0.1) is 5.95 Å². The predicted molar refractivity (Wildman–Crippen MR) is 76.0 cm³/mol. The van der Waals surface area contributed by atoms with E-state index < -0.39 is 11.9 Å². The maximum atomic E-state index is 13.9. The van der Waals surface area contributed by atoms with E-state index in [-0.39, 0.29) is 32.7 Å². The maximum Gasteiger partial charge on any atom is 0.309 e. The number of nitrogens with zero attached hydrogens (tertiary/aromatic N) is 1. The Hall–Kier alpha value is -1.36. The predicted octanol–water partition coefficient (Wildman–Crippen LogP) is 4.48. The standard InChI is InChI=1S/C13H7Cl3FNO2/c14-9-3-6(4-10(15)12(9)16)8-2-1-7(5-11(19)20)18-13(8)17/h1-4H,5H2,(H,19,20). The number of carboxylic acids is 1. The lowest BCUT2D eigenvalue weighted by Gasteiger charge is -2.07. The molecule has 0 radical (unpaired) electrons. The lowest BCUT2D eigenvalue weighted by molar-refractivity contribution is -0.136. The molecule has 0 spiro atoms. The summed E-state index contributed by atoms with van der Waals surface area (Å²) in [5.41, 5.74) is 0.709. The minimum Gasteiger partial charge on any atom is -0.481 e. The van der Waals surface area contributed by atoms with Crippen molar-refractivity contribution in [1.82, 2.24) is 4.98 Å². The van der Waals surface area contributed by atoms with Crippen LogP contribution >= 0.6 is 34.8 Å². The van der Waals surface area contributed by atoms with Crippen LogP contribution in [0.15, 0.2) is 24.3 Å². The van der Waals surface area contributed by atoms with Crippen molar-refractivity contribution in [1.29, 1.82) is 0 Å². The second-order valence-electron chi connectivity index (χ2n) is 3.97. The van der Waals surface area contributed by atoms with Gasteiger partial charge in [0.05, 0.1) is 27.2 Å². The second-order valence-corrected chi connectivity index (χ2v) is 5.16. The van der Waals surface area contributed by atoms with E-state index in [0.717, 1.165) is 0 Å². The lowest BCUT2D eigenvalue weighted by Crippen LogP contribution is -2.04. The number of hydrogen-bond donors (Lipinski definition) is 1. The van der Waals surface area contributed by atoms with Gasteiger partial charge in [-0.2, -0.15) is 4.39 Å². The number of aliphatic carboxylic acids is 1. The monoisotopic (exact) mass is 333 g/mol. The van der Waals surface area contributed by atoms with Gasteiger partial charge in [0, 0.05) is 5.56 Å². The highest BCUT2D eigenvalue weighted by atomic mass is 35.5. The van der Waals surface area contributed by atoms with Crippen LogP contribution in [0.2, 0.25) is 15.1 Å². The van der Waals surface area contributed by atoms with Crippen LogP contribution in [0.3, 0.4) is 0 Å². The molecule has 2 aromatic rings. The van der Waals surface area contributed by atoms with Crippen molar-refractivity contribution >= 4 is 40.8 Å². The van der Waals surface area contributed by atoms with E-state index in [9.17, 15) is 9.18 Å². The molecule has 0 atom stereocenters. The van der Waals surface area contributed by atoms with Crippen molar-refractivity contribution < 1.29 is 14.3 Å². The SMILES string of the molecule is O=C(O)Cc1ccc(-c2cc(Cl)c(Cl)c(Cl)c2)c(F)n1. The summed E-state index contributed by atoms with van der Waals surface area (Å²) in [6.45, 7) is 0. The normalized spacial score (nSPS) is 10.6. The molecule has 0 saturated heterocycles. The molecule has 3 nitrogen and oxygen atoms in total. The Labute approximate surface area is 128 Å². The van der Waals surface area contributed by atoms with E-state index in [1.165, 1.54) is 24.3 Å². The van der Waals surface area contributed by atoms with Crippen molar-refractivity contribution in [2.45, 2.75) is 6.42 Å². The molecule has 1 heterocycles. The van der Waals surface area contributed by atoms with Crippen LogP contribution in [0.4, 0.5) is 4.39 Å². The van der Waals surface area contributed by atoms with Crippen LogP contribution in [-0.2, 0) is 11.2 Å². The summed E-state index contributed by atoms with van der Waals surface area (Å²) in [6, 6.07) is 5.79. The number of hydrogen-bond acceptors (Lipinski definition) is 2. The fourth-order valence-electron chi connectivity index (χ4n) is 1.65. The van der Waals surface area contributed by atoms with Gasteiger partial charge < -0.3 is 5.11 Å². The van der Waals surface area contributed by atoms with Gasteiger partial charge in [-0.1, -0.05) is 34.8 Å². The summed E-state index contributed by atoms with van der Waals surface area (Å²) in [7, 11) is 0. The van der Waals surface area contributed by atoms with Crippen molar-refractivity contribution in [2.75, 3.05) is 0 Å². The van der Waals surface area contributed by atoms with E-state index in [1.54, 1.807) is 0 Å². The summed E-state index contributed by atoms with van der Waals surface area (Å²) in [6.07, 6.45) is -0.348. The first kappa shape index (κ1) is 15.0. The van der Waals surface area contributed by atoms with Crippen LogP contribution in [-0.4, -0.2) is 16.1 Å². The number of pyridine rings is 1. The number of carbonyl (C=O) groups is 1. The molecule has 7 heteroatoms. The first-order valence-corrected chi connectivity index (χ1v) is 6.54. The van der Waals surface area contributed by atoms with Gasteiger partial charge in [-0.25, -0.2) is 4.98 Å². The summed E-state index contributed by atoms with van der Waals surface area (Å²) in [4.78, 5) is 14.2. The van der Waals surface area contributed by atoms with Gasteiger partial charge >= 0.3 is 5.97 Å². The Bertz CT molecular complexity index is 668. The van der Waals surface area contributed by atoms with Gasteiger partial charge in [0.15, 0.2) is 0 Å². The fraction of sp³-hybridized carbons (Fsp3) is 0.0769. The molecule has 1 aromatic heterocycles. The number of aromatic nitrogens is 1. The Balaban J connectivity index is 2.46. The molecular formula is C13H7Cl3FNO2. The molecular weight excluding hydrogens is 328 g/mol. The average Bonchev–Trinajstić information content (AvgIpc) is 2.34. The van der Waals surface area contributed by atoms with E-state index >= 15 is 0 Å². The molecule has 0 saturated carbocycles. The first-order chi connectivity index (χ1) is 9.38. The van der Waals surface area contributed by atoms with Crippen LogP contribution < -0.4 is 0 Å². The summed E-state index contributed by atoms with van der Waals surface area (Å²) < 4.78 is 13.9. The van der Waals surface area contributed by atoms with Gasteiger partial charge in [0.1, 0.15) is 0 Å². The zero-order valence-corrected chi connectivity index (χ0v) is 12.1. The Morgan fingerprint density at radius 1 is 1.20 bits per heavy atom. The largest absolute Gasteiger partial charge is 0.481 e. The third-order valence-corrected chi connectivity index (χ3v) is 3.73. The summed E-state index contributed by atoms with van der Waals surface area (Å²) in [5.74, 6) is -1.87. The topological polar surface area (TPSA) is 50.2 Å². The van der Waals surface area contributed by atoms with Gasteiger partial charge in [-0.3, -0.25) is 4.79 Å². The van der Waals surface area contributed by atoms with Gasteiger partial charge in [-0.05, 0) is 29.8 Å². The minimum absolute atomic E-state index is 0.130. The molecule has 0 aliphatic heterocycles. The molecule has 104 valence electrons. The van der Waals surface area contributed by atoms with Crippen molar-refractivity contribution in [3.8, 4) is 11.1 Å². The van der Waals surface area contributed by atoms with E-state index in [0.29, 0.717) is 5.56 Å². The minimum atomic E-state index is -1.08. The third-order valence-electron chi connectivity index (χ3n) is 2.53. The van der Waals surface area contributed by atoms with Gasteiger partial charge in [-0.15, -0.1) is 0 Å². The molecule has 0 bridgehead atoms. The summed E-state index contributed by atoms with van der Waals surface area (Å²) >= 11 is 17.6. The molecule has 0 aliphatic carbocycles. The first-order valence-electron chi connectivity index (χ1n) is 5.40. The van der Waals surface area contributed by atoms with Crippen molar-refractivity contribution in [2.24, 2.45) is 0 Å². The lowest BCUT2D eigenvalue weighted by atomic mass is 10.1. The van der Waals surface area contributed by atoms with E-state index in [1.807, 2.05) is 0 Å². The van der Waals surface area contributed by atoms with Crippen molar-refractivity contribution in [3.05, 3.63) is 51.0 Å². The van der Waals surface area contributed by atoms with Gasteiger partial charge in [0.2, 0.25) is 5.95 Å². The maximum absolute atomic E-state index is 13.9. The highest BCUT2D eigenvalue weighted by molar-refractivity contribution is 6.48. The third kappa shape index (κ3) is 3.20. The molecule has 0 unspecified atom stereocenters. The quantitative estimate of drug-likeness (QED) is 0.665. The zero-order chi connectivity index (χ0) is 14.9. The second kappa shape index (κ2) is 5.95. The van der Waals surface area contributed by atoms with Crippen molar-refractivity contribution in [3.63, 3.8) is 0 Å². The Morgan fingerprint density at radius 2 is 1.80 bits per heavy atom. The molecule has 20 heavy (non-hydrogen) atoms. The van der Waals surface area contributed by atoms with Gasteiger partial charge in [0.25, 0.3) is 0 Å². The molecule has 2 rings (SSSR count). The van der Waals surface area contributed by atoms with E-state index in [4.69, 9.17) is 39.9 Å².